The lowest BCUT2D eigenvalue weighted by Crippen LogP contribution is -2.13. The van der Waals surface area contributed by atoms with Gasteiger partial charge in [-0.1, -0.05) is 43.2 Å². The van der Waals surface area contributed by atoms with Gasteiger partial charge in [0.25, 0.3) is 5.89 Å². The zero-order valence-corrected chi connectivity index (χ0v) is 17.7. The fourth-order valence-electron chi connectivity index (χ4n) is 2.62. The number of nitrogens with zero attached hydrogens (tertiary/aromatic N) is 4. The topological polar surface area (TPSA) is 113 Å². The van der Waals surface area contributed by atoms with Crippen LogP contribution in [0.5, 0.6) is 5.75 Å². The Kier molecular flexibility index (Phi) is 6.81. The minimum absolute atomic E-state index is 0.0859. The highest BCUT2D eigenvalue weighted by Crippen LogP contribution is 2.27. The summed E-state index contributed by atoms with van der Waals surface area (Å²) < 4.78 is 21.2. The third kappa shape index (κ3) is 5.65. The number of ether oxygens (including phenoxy) is 2. The van der Waals surface area contributed by atoms with Crippen molar-refractivity contribution in [1.29, 1.82) is 0 Å². The SMILES string of the molecule is CCOc1ccccc1-c1noc(COC(=O)CCCc2nc(C(C)(C)C)no2)n1. The normalized spacial score (nSPS) is 11.5. The Labute approximate surface area is 174 Å². The Morgan fingerprint density at radius 2 is 1.83 bits per heavy atom. The van der Waals surface area contributed by atoms with Crippen molar-refractivity contribution in [3.8, 4) is 17.1 Å². The van der Waals surface area contributed by atoms with Crippen LogP contribution in [0.1, 0.15) is 58.1 Å². The lowest BCUT2D eigenvalue weighted by atomic mass is 9.96. The molecule has 0 radical (unpaired) electrons. The molecule has 0 saturated heterocycles. The molecular weight excluding hydrogens is 388 g/mol. The monoisotopic (exact) mass is 414 g/mol. The molecule has 3 rings (SSSR count). The Bertz CT molecular complexity index is 974. The smallest absolute Gasteiger partial charge is 0.306 e. The third-order valence-corrected chi connectivity index (χ3v) is 4.16. The second-order valence-electron chi connectivity index (χ2n) is 7.72. The highest BCUT2D eigenvalue weighted by Gasteiger charge is 2.21. The molecule has 0 aliphatic rings. The maximum absolute atomic E-state index is 12.0. The highest BCUT2D eigenvalue weighted by atomic mass is 16.6. The molecule has 1 aromatic carbocycles. The number of benzene rings is 1. The van der Waals surface area contributed by atoms with Crippen molar-refractivity contribution in [2.24, 2.45) is 0 Å². The van der Waals surface area contributed by atoms with Crippen molar-refractivity contribution in [2.45, 2.75) is 59.0 Å². The van der Waals surface area contributed by atoms with E-state index in [4.69, 9.17) is 18.5 Å². The number of rotatable bonds is 9. The van der Waals surface area contributed by atoms with Gasteiger partial charge in [0.1, 0.15) is 5.75 Å². The second-order valence-corrected chi connectivity index (χ2v) is 7.72. The van der Waals surface area contributed by atoms with E-state index >= 15 is 0 Å². The van der Waals surface area contributed by atoms with E-state index in [1.165, 1.54) is 0 Å². The van der Waals surface area contributed by atoms with Crippen LogP contribution in [0.3, 0.4) is 0 Å². The molecule has 9 heteroatoms. The van der Waals surface area contributed by atoms with E-state index in [2.05, 4.69) is 20.3 Å². The zero-order chi connectivity index (χ0) is 21.6. The summed E-state index contributed by atoms with van der Waals surface area (Å²) in [5, 5.41) is 7.91. The molecule has 0 atom stereocenters. The summed E-state index contributed by atoms with van der Waals surface area (Å²) in [4.78, 5) is 20.6. The molecule has 9 nitrogen and oxygen atoms in total. The first-order valence-electron chi connectivity index (χ1n) is 9.90. The second kappa shape index (κ2) is 9.51. The quantitative estimate of drug-likeness (QED) is 0.481. The van der Waals surface area contributed by atoms with Gasteiger partial charge >= 0.3 is 5.97 Å². The van der Waals surface area contributed by atoms with E-state index in [1.807, 2.05) is 52.0 Å². The molecule has 0 aliphatic carbocycles. The van der Waals surface area contributed by atoms with E-state index in [0.29, 0.717) is 42.7 Å². The number of hydrogen-bond acceptors (Lipinski definition) is 9. The van der Waals surface area contributed by atoms with Crippen molar-refractivity contribution in [1.82, 2.24) is 20.3 Å². The maximum atomic E-state index is 12.0. The van der Waals surface area contributed by atoms with Crippen LogP contribution in [-0.4, -0.2) is 32.9 Å². The molecule has 2 aromatic heterocycles. The van der Waals surface area contributed by atoms with Gasteiger partial charge in [-0.15, -0.1) is 0 Å². The fraction of sp³-hybridized carbons (Fsp3) is 0.476. The van der Waals surface area contributed by atoms with Gasteiger partial charge in [0.05, 0.1) is 12.2 Å². The van der Waals surface area contributed by atoms with Gasteiger partial charge < -0.3 is 18.5 Å². The molecule has 160 valence electrons. The number of esters is 1. The van der Waals surface area contributed by atoms with Crippen molar-refractivity contribution in [3.63, 3.8) is 0 Å². The van der Waals surface area contributed by atoms with Crippen LogP contribution in [0.4, 0.5) is 0 Å². The highest BCUT2D eigenvalue weighted by molar-refractivity contribution is 5.69. The molecule has 30 heavy (non-hydrogen) atoms. The Balaban J connectivity index is 1.46. The lowest BCUT2D eigenvalue weighted by molar-refractivity contribution is -0.145. The first-order chi connectivity index (χ1) is 14.4. The van der Waals surface area contributed by atoms with Crippen molar-refractivity contribution in [2.75, 3.05) is 6.61 Å². The summed E-state index contributed by atoms with van der Waals surface area (Å²) in [6.45, 7) is 8.38. The molecule has 3 aromatic rings. The predicted molar refractivity (Wildman–Crippen MR) is 107 cm³/mol. The minimum Gasteiger partial charge on any atom is -0.493 e. The average molecular weight is 414 g/mol. The van der Waals surface area contributed by atoms with Gasteiger partial charge in [0.2, 0.25) is 11.7 Å². The standard InChI is InChI=1S/C21H26N4O5/c1-5-27-15-10-7-6-9-14(15)19-22-17(30-24-19)13-28-18(26)12-8-11-16-23-20(25-29-16)21(2,3)4/h6-7,9-10H,5,8,11-13H2,1-4H3. The first-order valence-corrected chi connectivity index (χ1v) is 9.90. The van der Waals surface area contributed by atoms with Gasteiger partial charge in [0.15, 0.2) is 12.4 Å². The predicted octanol–water partition coefficient (Wildman–Crippen LogP) is 3.88. The van der Waals surface area contributed by atoms with Crippen LogP contribution in [0.2, 0.25) is 0 Å². The Morgan fingerprint density at radius 3 is 2.57 bits per heavy atom. The Morgan fingerprint density at radius 1 is 1.07 bits per heavy atom. The number of aromatic nitrogens is 4. The van der Waals surface area contributed by atoms with E-state index in [-0.39, 0.29) is 30.3 Å². The van der Waals surface area contributed by atoms with Gasteiger partial charge in [-0.25, -0.2) is 0 Å². The molecule has 0 saturated carbocycles. The zero-order valence-electron chi connectivity index (χ0n) is 17.7. The minimum atomic E-state index is -0.361. The summed E-state index contributed by atoms with van der Waals surface area (Å²) in [6.07, 6.45) is 1.28. The van der Waals surface area contributed by atoms with E-state index in [9.17, 15) is 4.79 Å². The van der Waals surface area contributed by atoms with Crippen molar-refractivity contribution in [3.05, 3.63) is 41.9 Å². The number of carbonyl (C=O) groups is 1. The average Bonchev–Trinajstić information content (AvgIpc) is 3.37. The molecular formula is C21H26N4O5. The molecule has 0 bridgehead atoms. The van der Waals surface area contributed by atoms with Gasteiger partial charge in [-0.2, -0.15) is 9.97 Å². The van der Waals surface area contributed by atoms with Gasteiger partial charge in [0, 0.05) is 18.3 Å². The number of hydrogen-bond donors (Lipinski definition) is 0. The summed E-state index contributed by atoms with van der Waals surface area (Å²) in [7, 11) is 0. The molecule has 0 N–H and O–H groups in total. The largest absolute Gasteiger partial charge is 0.493 e. The third-order valence-electron chi connectivity index (χ3n) is 4.16. The van der Waals surface area contributed by atoms with Crippen LogP contribution in [0, 0.1) is 0 Å². The van der Waals surface area contributed by atoms with E-state index in [1.54, 1.807) is 0 Å². The van der Waals surface area contributed by atoms with Gasteiger partial charge in [-0.05, 0) is 25.5 Å². The fourth-order valence-corrected chi connectivity index (χ4v) is 2.62. The molecule has 0 spiro atoms. The summed E-state index contributed by atoms with van der Waals surface area (Å²) in [5.41, 5.74) is 0.544. The maximum Gasteiger partial charge on any atom is 0.306 e. The van der Waals surface area contributed by atoms with Crippen LogP contribution < -0.4 is 4.74 Å². The van der Waals surface area contributed by atoms with E-state index < -0.39 is 0 Å². The van der Waals surface area contributed by atoms with Crippen LogP contribution in [0.15, 0.2) is 33.3 Å². The summed E-state index contributed by atoms with van der Waals surface area (Å²) >= 11 is 0. The lowest BCUT2D eigenvalue weighted by Gasteiger charge is -2.10. The summed E-state index contributed by atoms with van der Waals surface area (Å²) in [5.74, 6) is 2.08. The summed E-state index contributed by atoms with van der Waals surface area (Å²) in [6, 6.07) is 7.41. The molecule has 0 unspecified atom stereocenters. The number of carbonyl (C=O) groups excluding carboxylic acids is 1. The first kappa shape index (κ1) is 21.5. The van der Waals surface area contributed by atoms with Gasteiger partial charge in [-0.3, -0.25) is 4.79 Å². The molecule has 0 aliphatic heterocycles. The molecule has 0 fully saturated rings. The van der Waals surface area contributed by atoms with Crippen molar-refractivity contribution < 1.29 is 23.3 Å². The number of para-hydroxylation sites is 1. The van der Waals surface area contributed by atoms with Crippen LogP contribution >= 0.6 is 0 Å². The number of aryl methyl sites for hydroxylation is 1. The van der Waals surface area contributed by atoms with Crippen LogP contribution in [0.25, 0.3) is 11.4 Å². The van der Waals surface area contributed by atoms with Crippen LogP contribution in [-0.2, 0) is 28.0 Å². The van der Waals surface area contributed by atoms with Crippen molar-refractivity contribution >= 4 is 5.97 Å². The van der Waals surface area contributed by atoms with E-state index in [0.717, 1.165) is 5.56 Å². The Hall–Kier alpha value is -3.23. The molecule has 0 amide bonds. The molecule has 2 heterocycles.